The van der Waals surface area contributed by atoms with Crippen molar-refractivity contribution in [2.24, 2.45) is 0 Å². The molecule has 10 heteroatoms. The molecule has 234 valence electrons. The Morgan fingerprint density at radius 3 is 2.23 bits per heavy atom. The van der Waals surface area contributed by atoms with E-state index < -0.39 is 27.9 Å². The molecule has 1 aliphatic carbocycles. The van der Waals surface area contributed by atoms with Crippen LogP contribution < -0.4 is 15.4 Å². The Balaban J connectivity index is 1.13. The molecule has 1 heterocycles. The minimum absolute atomic E-state index is 0.0796. The van der Waals surface area contributed by atoms with Gasteiger partial charge >= 0.3 is 12.1 Å². The molecule has 3 aromatic rings. The topological polar surface area (TPSA) is 131 Å². The first kappa shape index (κ1) is 31.5. The Kier molecular flexibility index (Phi) is 8.77. The molecule has 1 amide bonds. The minimum atomic E-state index is -3.67. The molecule has 1 aliphatic heterocycles. The number of carbonyl (C=O) groups excluding carboxylic acids is 1. The quantitative estimate of drug-likeness (QED) is 0.242. The maximum absolute atomic E-state index is 13.4. The van der Waals surface area contributed by atoms with E-state index in [-0.39, 0.29) is 37.0 Å². The number of carboxylic acids is 1. The van der Waals surface area contributed by atoms with Gasteiger partial charge in [-0.25, -0.2) is 18.0 Å². The fourth-order valence-corrected chi connectivity index (χ4v) is 8.23. The first-order valence-corrected chi connectivity index (χ1v) is 16.6. The normalized spacial score (nSPS) is 15.6. The zero-order valence-corrected chi connectivity index (χ0v) is 26.6. The number of nitrogens with one attached hydrogen (secondary N) is 2. The summed E-state index contributed by atoms with van der Waals surface area (Å²) in [5.74, 6) is -0.825. The standard InChI is InChI=1S/C34H40N2O7S/c1-20-21(2)31(22(3)27-17-34(4,5)43-30(20)27)44(40,41)19-35-16-10-15-29(32(37)38)36-33(39)42-18-28-25-13-8-6-11-23(25)24-12-7-9-14-26(24)28/h6-9,11-14,28-29,35H,10,15-19H2,1-5H3,(H,36,39)(H,37,38)/t29-/m0/s1. The summed E-state index contributed by atoms with van der Waals surface area (Å²) in [4.78, 5) is 24.8. The average Bonchev–Trinajstić information content (AvgIpc) is 3.48. The van der Waals surface area contributed by atoms with E-state index >= 15 is 0 Å². The maximum Gasteiger partial charge on any atom is 0.407 e. The molecule has 0 aromatic heterocycles. The van der Waals surface area contributed by atoms with Gasteiger partial charge in [0.2, 0.25) is 0 Å². The summed E-state index contributed by atoms with van der Waals surface area (Å²) in [5.41, 5.74) is 7.10. The second kappa shape index (κ2) is 12.2. The van der Waals surface area contributed by atoms with Crippen molar-refractivity contribution in [3.05, 3.63) is 81.9 Å². The van der Waals surface area contributed by atoms with Crippen LogP contribution in [-0.4, -0.2) is 56.3 Å². The number of aliphatic carboxylic acids is 1. The molecule has 0 saturated carbocycles. The number of hydrogen-bond donors (Lipinski definition) is 3. The molecule has 0 bridgehead atoms. The van der Waals surface area contributed by atoms with Crippen LogP contribution in [-0.2, 0) is 25.8 Å². The van der Waals surface area contributed by atoms with E-state index in [0.29, 0.717) is 28.9 Å². The minimum Gasteiger partial charge on any atom is -0.487 e. The summed E-state index contributed by atoms with van der Waals surface area (Å²) >= 11 is 0. The zero-order chi connectivity index (χ0) is 31.8. The van der Waals surface area contributed by atoms with Crippen molar-refractivity contribution in [3.63, 3.8) is 0 Å². The smallest absolute Gasteiger partial charge is 0.407 e. The number of rotatable bonds is 11. The third-order valence-electron chi connectivity index (χ3n) is 8.68. The fourth-order valence-electron chi connectivity index (χ4n) is 6.46. The van der Waals surface area contributed by atoms with Gasteiger partial charge in [0.1, 0.15) is 29.9 Å². The predicted molar refractivity (Wildman–Crippen MR) is 168 cm³/mol. The maximum atomic E-state index is 13.4. The van der Waals surface area contributed by atoms with Crippen molar-refractivity contribution in [2.75, 3.05) is 19.0 Å². The number of hydrogen-bond acceptors (Lipinski definition) is 7. The largest absolute Gasteiger partial charge is 0.487 e. The number of amides is 1. The number of alkyl carbamates (subject to hydrolysis) is 1. The lowest BCUT2D eigenvalue weighted by Gasteiger charge is -2.19. The van der Waals surface area contributed by atoms with Crippen molar-refractivity contribution in [1.82, 2.24) is 10.6 Å². The average molecular weight is 621 g/mol. The highest BCUT2D eigenvalue weighted by molar-refractivity contribution is 7.91. The van der Waals surface area contributed by atoms with Gasteiger partial charge in [0, 0.05) is 17.9 Å². The van der Waals surface area contributed by atoms with Crippen molar-refractivity contribution in [1.29, 1.82) is 0 Å². The van der Waals surface area contributed by atoms with E-state index in [2.05, 4.69) is 10.6 Å². The van der Waals surface area contributed by atoms with Gasteiger partial charge < -0.3 is 25.2 Å². The highest BCUT2D eigenvalue weighted by atomic mass is 32.2. The first-order chi connectivity index (χ1) is 20.8. The van der Waals surface area contributed by atoms with Crippen LogP contribution in [0.2, 0.25) is 0 Å². The van der Waals surface area contributed by atoms with E-state index in [1.54, 1.807) is 6.92 Å². The van der Waals surface area contributed by atoms with Gasteiger partial charge in [0.15, 0.2) is 9.84 Å². The van der Waals surface area contributed by atoms with Gasteiger partial charge in [-0.2, -0.15) is 0 Å². The summed E-state index contributed by atoms with van der Waals surface area (Å²) in [6, 6.07) is 14.8. The number of sulfone groups is 1. The van der Waals surface area contributed by atoms with E-state index in [1.807, 2.05) is 76.2 Å². The summed E-state index contributed by atoms with van der Waals surface area (Å²) in [7, 11) is -3.67. The Morgan fingerprint density at radius 1 is 1.00 bits per heavy atom. The van der Waals surface area contributed by atoms with Crippen LogP contribution in [0.15, 0.2) is 53.4 Å². The number of carboxylic acid groups (broad SMARTS) is 1. The van der Waals surface area contributed by atoms with Crippen LogP contribution in [0.4, 0.5) is 4.79 Å². The second-order valence-electron chi connectivity index (χ2n) is 12.3. The Labute approximate surface area is 258 Å². The molecule has 9 nitrogen and oxygen atoms in total. The third-order valence-corrected chi connectivity index (χ3v) is 10.5. The highest BCUT2D eigenvalue weighted by Gasteiger charge is 2.36. The highest BCUT2D eigenvalue weighted by Crippen LogP contribution is 2.45. The van der Waals surface area contributed by atoms with Crippen LogP contribution in [0, 0.1) is 20.8 Å². The van der Waals surface area contributed by atoms with Crippen molar-refractivity contribution < 1.29 is 32.6 Å². The Hall–Kier alpha value is -3.89. The molecule has 5 rings (SSSR count). The van der Waals surface area contributed by atoms with E-state index in [9.17, 15) is 23.1 Å². The first-order valence-electron chi connectivity index (χ1n) is 14.9. The monoisotopic (exact) mass is 620 g/mol. The zero-order valence-electron chi connectivity index (χ0n) is 25.8. The molecule has 3 N–H and O–H groups in total. The predicted octanol–water partition coefficient (Wildman–Crippen LogP) is 5.42. The van der Waals surface area contributed by atoms with Crippen LogP contribution in [0.3, 0.4) is 0 Å². The molecule has 0 spiro atoms. The van der Waals surface area contributed by atoms with E-state index in [4.69, 9.17) is 9.47 Å². The van der Waals surface area contributed by atoms with E-state index in [0.717, 1.165) is 39.1 Å². The van der Waals surface area contributed by atoms with Gasteiger partial charge in [-0.15, -0.1) is 0 Å². The van der Waals surface area contributed by atoms with Gasteiger partial charge in [-0.3, -0.25) is 0 Å². The van der Waals surface area contributed by atoms with Gasteiger partial charge in [-0.05, 0) is 92.9 Å². The van der Waals surface area contributed by atoms with Crippen molar-refractivity contribution in [3.8, 4) is 16.9 Å². The summed E-state index contributed by atoms with van der Waals surface area (Å²) in [6.45, 7) is 9.83. The van der Waals surface area contributed by atoms with Gasteiger partial charge in [-0.1, -0.05) is 48.5 Å². The lowest BCUT2D eigenvalue weighted by Crippen LogP contribution is -2.41. The molecule has 0 fully saturated rings. The molecule has 0 radical (unpaired) electrons. The molecule has 0 unspecified atom stereocenters. The fraction of sp³-hybridized carbons (Fsp3) is 0.412. The number of ether oxygens (including phenoxy) is 2. The van der Waals surface area contributed by atoms with E-state index in [1.165, 1.54) is 0 Å². The van der Waals surface area contributed by atoms with Crippen LogP contribution in [0.1, 0.15) is 66.0 Å². The molecule has 44 heavy (non-hydrogen) atoms. The number of benzene rings is 3. The van der Waals surface area contributed by atoms with Gasteiger partial charge in [0.25, 0.3) is 0 Å². The third kappa shape index (κ3) is 6.19. The number of fused-ring (bicyclic) bond motifs is 4. The summed E-state index contributed by atoms with van der Waals surface area (Å²) in [5, 5.41) is 15.1. The summed E-state index contributed by atoms with van der Waals surface area (Å²) < 4.78 is 38.4. The number of carbonyl (C=O) groups is 2. The lowest BCUT2D eigenvalue weighted by molar-refractivity contribution is -0.139. The molecular weight excluding hydrogens is 580 g/mol. The van der Waals surface area contributed by atoms with Crippen molar-refractivity contribution >= 4 is 21.9 Å². The molecule has 2 aliphatic rings. The Bertz CT molecular complexity index is 1670. The SMILES string of the molecule is Cc1c(C)c(S(=O)(=O)CNCCC[C@H](NC(=O)OCC2c3ccccc3-c3ccccc32)C(=O)O)c(C)c2c1OC(C)(C)C2. The van der Waals surface area contributed by atoms with Crippen molar-refractivity contribution in [2.45, 2.75) is 76.3 Å². The molecule has 3 aromatic carbocycles. The second-order valence-corrected chi connectivity index (χ2v) is 14.2. The van der Waals surface area contributed by atoms with Crippen LogP contribution in [0.5, 0.6) is 5.75 Å². The lowest BCUT2D eigenvalue weighted by atomic mass is 9.94. The molecule has 1 atom stereocenters. The summed E-state index contributed by atoms with van der Waals surface area (Å²) in [6.07, 6.45) is 0.271. The molecular formula is C34H40N2O7S. The van der Waals surface area contributed by atoms with Gasteiger partial charge in [0.05, 0.1) is 4.90 Å². The van der Waals surface area contributed by atoms with Crippen LogP contribution >= 0.6 is 0 Å². The Morgan fingerprint density at radius 2 is 1.61 bits per heavy atom. The van der Waals surface area contributed by atoms with Crippen LogP contribution in [0.25, 0.3) is 11.1 Å². The molecule has 0 saturated heterocycles.